The van der Waals surface area contributed by atoms with Gasteiger partial charge >= 0.3 is 6.18 Å². The van der Waals surface area contributed by atoms with Crippen molar-refractivity contribution in [2.75, 3.05) is 13.6 Å². The summed E-state index contributed by atoms with van der Waals surface area (Å²) in [5.74, 6) is 0. The summed E-state index contributed by atoms with van der Waals surface area (Å²) in [5.41, 5.74) is 0. The fourth-order valence-corrected chi connectivity index (χ4v) is 1.63. The van der Waals surface area contributed by atoms with Gasteiger partial charge in [-0.1, -0.05) is 11.3 Å². The van der Waals surface area contributed by atoms with Crippen LogP contribution in [0.1, 0.15) is 16.4 Å². The number of nitrogens with one attached hydrogen (secondary N) is 1. The molecule has 1 N–H and O–H groups in total. The van der Waals surface area contributed by atoms with Crippen molar-refractivity contribution in [1.82, 2.24) is 15.5 Å². The Morgan fingerprint density at radius 1 is 1.36 bits per heavy atom. The number of hydrogen-bond donors (Lipinski definition) is 1. The Kier molecular flexibility index (Phi) is 3.82. The minimum absolute atomic E-state index is 0.438. The van der Waals surface area contributed by atoms with Crippen LogP contribution in [0.4, 0.5) is 13.2 Å². The van der Waals surface area contributed by atoms with Crippen molar-refractivity contribution in [2.24, 2.45) is 0 Å². The molecule has 0 aliphatic carbocycles. The van der Waals surface area contributed by atoms with Gasteiger partial charge in [-0.05, 0) is 20.0 Å². The average molecular weight is 225 g/mol. The number of halogens is 3. The summed E-state index contributed by atoms with van der Waals surface area (Å²) in [6.07, 6.45) is -3.06. The number of rotatable bonds is 4. The highest BCUT2D eigenvalue weighted by molar-refractivity contribution is 7.11. The van der Waals surface area contributed by atoms with Crippen LogP contribution in [-0.4, -0.2) is 23.8 Å². The molecule has 80 valence electrons. The molecule has 1 rings (SSSR count). The van der Waals surface area contributed by atoms with Crippen LogP contribution in [0.3, 0.4) is 0 Å². The van der Waals surface area contributed by atoms with Gasteiger partial charge in [-0.25, -0.2) is 0 Å². The SMILES string of the molecule is CNCCCc1nnc(C(F)(F)F)s1. The lowest BCUT2D eigenvalue weighted by Gasteiger charge is -1.97. The second kappa shape index (κ2) is 4.70. The summed E-state index contributed by atoms with van der Waals surface area (Å²) in [5, 5.41) is 9.05. The molecule has 0 aliphatic rings. The van der Waals surface area contributed by atoms with Gasteiger partial charge in [0.1, 0.15) is 5.01 Å². The third-order valence-corrected chi connectivity index (χ3v) is 2.55. The lowest BCUT2D eigenvalue weighted by molar-refractivity contribution is -0.138. The summed E-state index contributed by atoms with van der Waals surface area (Å²) in [6.45, 7) is 0.765. The summed E-state index contributed by atoms with van der Waals surface area (Å²) >= 11 is 0.615. The second-order valence-corrected chi connectivity index (χ2v) is 3.77. The van der Waals surface area contributed by atoms with Gasteiger partial charge in [-0.15, -0.1) is 10.2 Å². The van der Waals surface area contributed by atoms with Gasteiger partial charge in [0.15, 0.2) is 0 Å². The smallest absolute Gasteiger partial charge is 0.320 e. The summed E-state index contributed by atoms with van der Waals surface area (Å²) < 4.78 is 36.3. The van der Waals surface area contributed by atoms with E-state index in [0.717, 1.165) is 13.0 Å². The Morgan fingerprint density at radius 3 is 2.57 bits per heavy atom. The first-order valence-electron chi connectivity index (χ1n) is 4.08. The van der Waals surface area contributed by atoms with Crippen LogP contribution in [0.25, 0.3) is 0 Å². The van der Waals surface area contributed by atoms with Crippen molar-refractivity contribution in [1.29, 1.82) is 0 Å². The Labute approximate surface area is 83.4 Å². The van der Waals surface area contributed by atoms with Crippen LogP contribution in [0.15, 0.2) is 0 Å². The monoisotopic (exact) mass is 225 g/mol. The molecule has 0 spiro atoms. The van der Waals surface area contributed by atoms with Crippen LogP contribution in [0, 0.1) is 0 Å². The van der Waals surface area contributed by atoms with Crippen molar-refractivity contribution < 1.29 is 13.2 Å². The fraction of sp³-hybridized carbons (Fsp3) is 0.714. The number of nitrogens with zero attached hydrogens (tertiary/aromatic N) is 2. The van der Waals surface area contributed by atoms with Crippen molar-refractivity contribution in [3.05, 3.63) is 10.0 Å². The molecular formula is C7H10F3N3S. The maximum absolute atomic E-state index is 12.1. The molecule has 0 atom stereocenters. The molecule has 0 saturated carbocycles. The van der Waals surface area contributed by atoms with E-state index >= 15 is 0 Å². The molecule has 1 heterocycles. The molecule has 0 aliphatic heterocycles. The van der Waals surface area contributed by atoms with Gasteiger partial charge in [0.05, 0.1) is 0 Å². The van der Waals surface area contributed by atoms with E-state index in [-0.39, 0.29) is 0 Å². The van der Waals surface area contributed by atoms with Crippen molar-refractivity contribution in [3.8, 4) is 0 Å². The third-order valence-electron chi connectivity index (χ3n) is 1.53. The second-order valence-electron chi connectivity index (χ2n) is 2.71. The molecule has 14 heavy (non-hydrogen) atoms. The minimum atomic E-state index is -4.36. The van der Waals surface area contributed by atoms with Crippen molar-refractivity contribution in [2.45, 2.75) is 19.0 Å². The molecule has 0 unspecified atom stereocenters. The average Bonchev–Trinajstić information content (AvgIpc) is 2.52. The van der Waals surface area contributed by atoms with E-state index in [9.17, 15) is 13.2 Å². The first-order valence-corrected chi connectivity index (χ1v) is 4.90. The van der Waals surface area contributed by atoms with E-state index in [2.05, 4.69) is 15.5 Å². The first-order chi connectivity index (χ1) is 6.54. The zero-order valence-corrected chi connectivity index (χ0v) is 8.37. The molecule has 0 amide bonds. The van der Waals surface area contributed by atoms with Crippen LogP contribution >= 0.6 is 11.3 Å². The predicted octanol–water partition coefficient (Wildman–Crippen LogP) is 1.71. The Balaban J connectivity index is 2.51. The van der Waals surface area contributed by atoms with E-state index < -0.39 is 11.2 Å². The van der Waals surface area contributed by atoms with Gasteiger partial charge in [0.2, 0.25) is 5.01 Å². The molecular weight excluding hydrogens is 215 g/mol. The lowest BCUT2D eigenvalue weighted by Crippen LogP contribution is -2.08. The number of hydrogen-bond acceptors (Lipinski definition) is 4. The standard InChI is InChI=1S/C7H10F3N3S/c1-11-4-2-3-5-12-13-6(14-5)7(8,9)10/h11H,2-4H2,1H3. The summed E-state index contributed by atoms with van der Waals surface area (Å²) in [6, 6.07) is 0. The number of aryl methyl sites for hydroxylation is 1. The maximum Gasteiger partial charge on any atom is 0.445 e. The van der Waals surface area contributed by atoms with Crippen molar-refractivity contribution >= 4 is 11.3 Å². The highest BCUT2D eigenvalue weighted by Crippen LogP contribution is 2.31. The lowest BCUT2D eigenvalue weighted by atomic mass is 10.3. The van der Waals surface area contributed by atoms with Gasteiger partial charge < -0.3 is 5.32 Å². The number of aromatic nitrogens is 2. The van der Waals surface area contributed by atoms with E-state index in [0.29, 0.717) is 22.8 Å². The number of alkyl halides is 3. The predicted molar refractivity (Wildman–Crippen MR) is 47.2 cm³/mol. The normalized spacial score (nSPS) is 12.0. The van der Waals surface area contributed by atoms with Crippen LogP contribution in [0.2, 0.25) is 0 Å². The molecule has 1 aromatic rings. The van der Waals surface area contributed by atoms with E-state index in [1.807, 2.05) is 0 Å². The molecule has 0 aromatic carbocycles. The molecule has 0 fully saturated rings. The molecule has 0 bridgehead atoms. The highest BCUT2D eigenvalue weighted by Gasteiger charge is 2.35. The fourth-order valence-electron chi connectivity index (χ4n) is 0.886. The van der Waals surface area contributed by atoms with Crippen LogP contribution < -0.4 is 5.32 Å². The van der Waals surface area contributed by atoms with E-state index in [1.54, 1.807) is 7.05 Å². The van der Waals surface area contributed by atoms with Crippen LogP contribution in [0.5, 0.6) is 0 Å². The molecule has 7 heteroatoms. The molecule has 1 aromatic heterocycles. The molecule has 0 radical (unpaired) electrons. The quantitative estimate of drug-likeness (QED) is 0.793. The van der Waals surface area contributed by atoms with E-state index in [4.69, 9.17) is 0 Å². The van der Waals surface area contributed by atoms with Gasteiger partial charge in [-0.3, -0.25) is 0 Å². The van der Waals surface area contributed by atoms with E-state index in [1.165, 1.54) is 0 Å². The minimum Gasteiger partial charge on any atom is -0.320 e. The third kappa shape index (κ3) is 3.22. The topological polar surface area (TPSA) is 37.8 Å². The molecule has 0 saturated heterocycles. The first kappa shape index (κ1) is 11.4. The maximum atomic E-state index is 12.1. The summed E-state index contributed by atoms with van der Waals surface area (Å²) in [7, 11) is 1.79. The largest absolute Gasteiger partial charge is 0.445 e. The van der Waals surface area contributed by atoms with Crippen molar-refractivity contribution in [3.63, 3.8) is 0 Å². The highest BCUT2D eigenvalue weighted by atomic mass is 32.1. The van der Waals surface area contributed by atoms with Gasteiger partial charge in [-0.2, -0.15) is 13.2 Å². The van der Waals surface area contributed by atoms with Crippen LogP contribution in [-0.2, 0) is 12.6 Å². The summed E-state index contributed by atoms with van der Waals surface area (Å²) in [4.78, 5) is 0. The zero-order valence-electron chi connectivity index (χ0n) is 7.56. The Bertz CT molecular complexity index is 284. The van der Waals surface area contributed by atoms with Gasteiger partial charge in [0.25, 0.3) is 0 Å². The zero-order chi connectivity index (χ0) is 10.6. The van der Waals surface area contributed by atoms with Gasteiger partial charge in [0, 0.05) is 6.42 Å². The molecule has 3 nitrogen and oxygen atoms in total. The Morgan fingerprint density at radius 2 is 2.07 bits per heavy atom. The Hall–Kier alpha value is -0.690.